The molecule has 0 saturated heterocycles. The largest absolute Gasteiger partial charge is 0.478 e. The quantitative estimate of drug-likeness (QED) is 0.873. The summed E-state index contributed by atoms with van der Waals surface area (Å²) in [4.78, 5) is 38.6. The summed E-state index contributed by atoms with van der Waals surface area (Å²) in [5.74, 6) is -2.50. The molecule has 0 bridgehead atoms. The summed E-state index contributed by atoms with van der Waals surface area (Å²) in [5.41, 5.74) is 1.85. The number of hydrogen-bond acceptors (Lipinski definition) is 3. The molecule has 1 aliphatic carbocycles. The standard InChI is InChI=1S/C22H18FNO4/c23-17-8-2-1-7-15(17)16-12-20(26)24(18-9-4-10-19(25)21(16)18)14-6-3-5-13(11-14)22(27)28/h1-3,5-8,11,16H,4,9-10,12H2,(H,27,28). The number of halogens is 1. The minimum atomic E-state index is -1.09. The first-order valence-electron chi connectivity index (χ1n) is 9.14. The van der Waals surface area contributed by atoms with Crippen LogP contribution >= 0.6 is 0 Å². The van der Waals surface area contributed by atoms with Crippen molar-refractivity contribution >= 4 is 23.3 Å². The van der Waals surface area contributed by atoms with Crippen LogP contribution in [0.15, 0.2) is 59.8 Å². The molecule has 4 rings (SSSR count). The molecule has 1 amide bonds. The van der Waals surface area contributed by atoms with Gasteiger partial charge in [-0.15, -0.1) is 0 Å². The maximum Gasteiger partial charge on any atom is 0.335 e. The van der Waals surface area contributed by atoms with E-state index in [1.165, 1.54) is 23.1 Å². The highest BCUT2D eigenvalue weighted by molar-refractivity contribution is 6.07. The third kappa shape index (κ3) is 3.01. The molecule has 1 atom stereocenters. The van der Waals surface area contributed by atoms with E-state index in [2.05, 4.69) is 0 Å². The van der Waals surface area contributed by atoms with Gasteiger partial charge in [-0.25, -0.2) is 9.18 Å². The van der Waals surface area contributed by atoms with Crippen molar-refractivity contribution in [2.24, 2.45) is 0 Å². The molecule has 5 nitrogen and oxygen atoms in total. The lowest BCUT2D eigenvalue weighted by atomic mass is 9.77. The number of allylic oxidation sites excluding steroid dienone is 2. The van der Waals surface area contributed by atoms with E-state index in [0.29, 0.717) is 41.8 Å². The molecular weight excluding hydrogens is 361 g/mol. The summed E-state index contributed by atoms with van der Waals surface area (Å²) >= 11 is 0. The third-order valence-electron chi connectivity index (χ3n) is 5.31. The van der Waals surface area contributed by atoms with Crippen molar-refractivity contribution in [3.63, 3.8) is 0 Å². The Morgan fingerprint density at radius 3 is 2.61 bits per heavy atom. The number of benzene rings is 2. The average molecular weight is 379 g/mol. The summed E-state index contributed by atoms with van der Waals surface area (Å²) in [5, 5.41) is 9.26. The maximum atomic E-state index is 14.4. The van der Waals surface area contributed by atoms with Gasteiger partial charge in [0.05, 0.1) is 5.56 Å². The van der Waals surface area contributed by atoms with E-state index in [0.717, 1.165) is 0 Å². The Labute approximate surface area is 161 Å². The van der Waals surface area contributed by atoms with Gasteiger partial charge in [-0.1, -0.05) is 24.3 Å². The highest BCUT2D eigenvalue weighted by atomic mass is 19.1. The fourth-order valence-electron chi connectivity index (χ4n) is 4.09. The monoisotopic (exact) mass is 379 g/mol. The predicted molar refractivity (Wildman–Crippen MR) is 101 cm³/mol. The van der Waals surface area contributed by atoms with E-state index in [1.54, 1.807) is 30.3 Å². The van der Waals surface area contributed by atoms with Gasteiger partial charge in [0, 0.05) is 35.7 Å². The van der Waals surface area contributed by atoms with Gasteiger partial charge in [0.15, 0.2) is 5.78 Å². The van der Waals surface area contributed by atoms with Crippen LogP contribution < -0.4 is 4.90 Å². The Morgan fingerprint density at radius 1 is 1.07 bits per heavy atom. The number of carbonyl (C=O) groups excluding carboxylic acids is 2. The maximum absolute atomic E-state index is 14.4. The van der Waals surface area contributed by atoms with Crippen LogP contribution in [0.1, 0.15) is 47.5 Å². The molecular formula is C22H18FNO4. The Morgan fingerprint density at radius 2 is 1.86 bits per heavy atom. The highest BCUT2D eigenvalue weighted by Gasteiger charge is 2.40. The van der Waals surface area contributed by atoms with Gasteiger partial charge in [0.25, 0.3) is 0 Å². The van der Waals surface area contributed by atoms with E-state index in [4.69, 9.17) is 0 Å². The lowest BCUT2D eigenvalue weighted by Gasteiger charge is -2.38. The Balaban J connectivity index is 1.88. The zero-order chi connectivity index (χ0) is 19.8. The van der Waals surface area contributed by atoms with E-state index in [9.17, 15) is 23.9 Å². The summed E-state index contributed by atoms with van der Waals surface area (Å²) in [7, 11) is 0. The van der Waals surface area contributed by atoms with Crippen molar-refractivity contribution in [3.8, 4) is 0 Å². The second kappa shape index (κ2) is 7.03. The fourth-order valence-corrected chi connectivity index (χ4v) is 4.09. The zero-order valence-electron chi connectivity index (χ0n) is 15.0. The molecule has 0 fully saturated rings. The van der Waals surface area contributed by atoms with Gasteiger partial charge in [-0.05, 0) is 42.7 Å². The average Bonchev–Trinajstić information content (AvgIpc) is 2.68. The van der Waals surface area contributed by atoms with Crippen LogP contribution in [-0.2, 0) is 9.59 Å². The van der Waals surface area contributed by atoms with Crippen molar-refractivity contribution < 1.29 is 23.9 Å². The minimum Gasteiger partial charge on any atom is -0.478 e. The predicted octanol–water partition coefficient (Wildman–Crippen LogP) is 4.05. The number of amides is 1. The molecule has 0 saturated carbocycles. The number of hydrogen-bond donors (Lipinski definition) is 1. The second-order valence-electron chi connectivity index (χ2n) is 7.00. The Kier molecular flexibility index (Phi) is 4.55. The van der Waals surface area contributed by atoms with Crippen molar-refractivity contribution in [1.29, 1.82) is 0 Å². The third-order valence-corrected chi connectivity index (χ3v) is 5.31. The normalized spacial score (nSPS) is 19.6. The molecule has 28 heavy (non-hydrogen) atoms. The number of ketones is 1. The molecule has 1 unspecified atom stereocenters. The first kappa shape index (κ1) is 18.1. The second-order valence-corrected chi connectivity index (χ2v) is 7.00. The summed E-state index contributed by atoms with van der Waals surface area (Å²) in [6.07, 6.45) is 1.43. The minimum absolute atomic E-state index is 0.0389. The van der Waals surface area contributed by atoms with E-state index < -0.39 is 17.7 Å². The van der Waals surface area contributed by atoms with Gasteiger partial charge in [-0.2, -0.15) is 0 Å². The van der Waals surface area contributed by atoms with Gasteiger partial charge in [-0.3, -0.25) is 14.5 Å². The van der Waals surface area contributed by atoms with E-state index in [1.807, 2.05) is 0 Å². The van der Waals surface area contributed by atoms with Crippen LogP contribution in [0.3, 0.4) is 0 Å². The molecule has 0 spiro atoms. The van der Waals surface area contributed by atoms with E-state index >= 15 is 0 Å². The summed E-state index contributed by atoms with van der Waals surface area (Å²) < 4.78 is 14.4. The molecule has 2 aromatic rings. The highest BCUT2D eigenvalue weighted by Crippen LogP contribution is 2.43. The molecule has 2 aliphatic rings. The molecule has 0 radical (unpaired) electrons. The lowest BCUT2D eigenvalue weighted by molar-refractivity contribution is -0.120. The molecule has 142 valence electrons. The molecule has 6 heteroatoms. The van der Waals surface area contributed by atoms with Gasteiger partial charge in [0.1, 0.15) is 5.82 Å². The number of carboxylic acid groups (broad SMARTS) is 1. The number of anilines is 1. The van der Waals surface area contributed by atoms with Crippen molar-refractivity contribution in [2.75, 3.05) is 4.90 Å². The molecule has 1 heterocycles. The van der Waals surface area contributed by atoms with Crippen molar-refractivity contribution in [1.82, 2.24) is 0 Å². The number of Topliss-reactive ketones (excluding diaryl/α,β-unsaturated/α-hetero) is 1. The van der Waals surface area contributed by atoms with Crippen LogP contribution in [0.4, 0.5) is 10.1 Å². The van der Waals surface area contributed by atoms with Crippen LogP contribution in [0.2, 0.25) is 0 Å². The molecule has 2 aromatic carbocycles. The van der Waals surface area contributed by atoms with Crippen molar-refractivity contribution in [2.45, 2.75) is 31.6 Å². The fraction of sp³-hybridized carbons (Fsp3) is 0.227. The van der Waals surface area contributed by atoms with Gasteiger partial charge >= 0.3 is 5.97 Å². The Hall–Kier alpha value is -3.28. The number of aromatic carboxylic acids is 1. The SMILES string of the molecule is O=C1CCCC2=C1C(c1ccccc1F)CC(=O)N2c1cccc(C(=O)O)c1. The number of carboxylic acids is 1. The first-order valence-corrected chi connectivity index (χ1v) is 9.14. The number of rotatable bonds is 3. The lowest BCUT2D eigenvalue weighted by Crippen LogP contribution is -2.40. The summed E-state index contributed by atoms with van der Waals surface area (Å²) in [6, 6.07) is 12.3. The van der Waals surface area contributed by atoms with Gasteiger partial charge < -0.3 is 5.11 Å². The van der Waals surface area contributed by atoms with Crippen molar-refractivity contribution in [3.05, 3.63) is 76.7 Å². The summed E-state index contributed by atoms with van der Waals surface area (Å²) in [6.45, 7) is 0. The topological polar surface area (TPSA) is 74.7 Å². The number of carbonyl (C=O) groups is 3. The Bertz CT molecular complexity index is 1030. The molecule has 0 aromatic heterocycles. The first-order chi connectivity index (χ1) is 13.5. The van der Waals surface area contributed by atoms with Crippen LogP contribution in [0.25, 0.3) is 0 Å². The van der Waals surface area contributed by atoms with E-state index in [-0.39, 0.29) is 23.7 Å². The smallest absolute Gasteiger partial charge is 0.335 e. The number of nitrogens with zero attached hydrogens (tertiary/aromatic N) is 1. The zero-order valence-corrected chi connectivity index (χ0v) is 15.0. The van der Waals surface area contributed by atoms with Crippen LogP contribution in [-0.4, -0.2) is 22.8 Å². The molecule has 1 N–H and O–H groups in total. The van der Waals surface area contributed by atoms with Crippen LogP contribution in [0, 0.1) is 5.82 Å². The molecule has 1 aliphatic heterocycles. The van der Waals surface area contributed by atoms with Crippen LogP contribution in [0.5, 0.6) is 0 Å². The van der Waals surface area contributed by atoms with Gasteiger partial charge in [0.2, 0.25) is 5.91 Å².